The molecular formula is C26H27BrN6O. The van der Waals surface area contributed by atoms with Crippen molar-refractivity contribution in [3.63, 3.8) is 0 Å². The molecule has 174 valence electrons. The Hall–Kier alpha value is -3.13. The number of piperidine rings is 1. The summed E-state index contributed by atoms with van der Waals surface area (Å²) in [7, 11) is 0. The second kappa shape index (κ2) is 9.62. The molecule has 0 aliphatic carbocycles. The topological polar surface area (TPSA) is 76.8 Å². The molecule has 2 aromatic heterocycles. The Labute approximate surface area is 207 Å². The smallest absolute Gasteiger partial charge is 0.256 e. The number of rotatable bonds is 5. The van der Waals surface area contributed by atoms with E-state index in [0.717, 1.165) is 59.0 Å². The number of hydrogen-bond acceptors (Lipinski definition) is 5. The molecule has 5 rings (SSSR count). The molecule has 1 fully saturated rings. The highest BCUT2D eigenvalue weighted by Crippen LogP contribution is 2.30. The van der Waals surface area contributed by atoms with Gasteiger partial charge in [0.25, 0.3) is 5.91 Å². The zero-order chi connectivity index (χ0) is 23.7. The maximum atomic E-state index is 13.9. The number of nitrogens with zero attached hydrogens (tertiary/aromatic N) is 6. The van der Waals surface area contributed by atoms with E-state index in [1.807, 2.05) is 54.4 Å². The fraction of sp³-hybridized carbons (Fsp3) is 0.346. The van der Waals surface area contributed by atoms with E-state index in [4.69, 9.17) is 4.98 Å². The average Bonchev–Trinajstić information content (AvgIpc) is 3.37. The molecule has 2 atom stereocenters. The molecule has 0 saturated carbocycles. The first-order chi connectivity index (χ1) is 16.5. The van der Waals surface area contributed by atoms with Gasteiger partial charge in [-0.05, 0) is 56.4 Å². The summed E-state index contributed by atoms with van der Waals surface area (Å²) in [6.45, 7) is 5.00. The van der Waals surface area contributed by atoms with Gasteiger partial charge in [-0.1, -0.05) is 40.5 Å². The highest BCUT2D eigenvalue weighted by molar-refractivity contribution is 9.10. The predicted molar refractivity (Wildman–Crippen MR) is 135 cm³/mol. The van der Waals surface area contributed by atoms with E-state index in [2.05, 4.69) is 38.0 Å². The molecule has 1 aliphatic rings. The molecule has 1 amide bonds. The van der Waals surface area contributed by atoms with E-state index in [1.165, 1.54) is 4.80 Å². The molecule has 0 unspecified atom stereocenters. The lowest BCUT2D eigenvalue weighted by Crippen LogP contribution is -2.48. The van der Waals surface area contributed by atoms with Crippen LogP contribution < -0.4 is 0 Å². The fourth-order valence-electron chi connectivity index (χ4n) is 4.89. The fourth-order valence-corrected chi connectivity index (χ4v) is 5.35. The third kappa shape index (κ3) is 4.46. The SMILES string of the molecule is Cc1ccc(-n2nccn2)c(C(=O)N2CCC[C@@H](C)[C@H]2CCc2ncc3c(Br)cccc3n2)c1. The summed E-state index contributed by atoms with van der Waals surface area (Å²) >= 11 is 3.57. The van der Waals surface area contributed by atoms with Gasteiger partial charge in [0.15, 0.2) is 0 Å². The van der Waals surface area contributed by atoms with Gasteiger partial charge >= 0.3 is 0 Å². The molecule has 0 bridgehead atoms. The van der Waals surface area contributed by atoms with Crippen LogP contribution in [0.15, 0.2) is 59.5 Å². The van der Waals surface area contributed by atoms with Gasteiger partial charge in [0.2, 0.25) is 0 Å². The molecule has 3 heterocycles. The van der Waals surface area contributed by atoms with Crippen molar-refractivity contribution >= 4 is 32.7 Å². The summed E-state index contributed by atoms with van der Waals surface area (Å²) in [5.74, 6) is 1.26. The molecular weight excluding hydrogens is 492 g/mol. The largest absolute Gasteiger partial charge is 0.335 e. The Kier molecular flexibility index (Phi) is 6.41. The molecule has 0 N–H and O–H groups in total. The lowest BCUT2D eigenvalue weighted by atomic mass is 9.87. The van der Waals surface area contributed by atoms with Gasteiger partial charge in [-0.2, -0.15) is 15.0 Å². The number of amides is 1. The zero-order valence-electron chi connectivity index (χ0n) is 19.4. The maximum Gasteiger partial charge on any atom is 0.256 e. The highest BCUT2D eigenvalue weighted by Gasteiger charge is 2.33. The summed E-state index contributed by atoms with van der Waals surface area (Å²) < 4.78 is 0.995. The third-order valence-corrected chi connectivity index (χ3v) is 7.37. The van der Waals surface area contributed by atoms with Crippen molar-refractivity contribution in [1.82, 2.24) is 29.9 Å². The number of hydrogen-bond donors (Lipinski definition) is 0. The first-order valence-corrected chi connectivity index (χ1v) is 12.5. The molecule has 34 heavy (non-hydrogen) atoms. The lowest BCUT2D eigenvalue weighted by Gasteiger charge is -2.40. The summed E-state index contributed by atoms with van der Waals surface area (Å²) in [5, 5.41) is 9.53. The predicted octanol–water partition coefficient (Wildman–Crippen LogP) is 5.15. The number of halogens is 1. The van der Waals surface area contributed by atoms with Crippen molar-refractivity contribution in [1.29, 1.82) is 0 Å². The number of aromatic nitrogens is 5. The second-order valence-corrected chi connectivity index (χ2v) is 9.88. The van der Waals surface area contributed by atoms with Crippen molar-refractivity contribution < 1.29 is 4.79 Å². The third-order valence-electron chi connectivity index (χ3n) is 6.68. The summed E-state index contributed by atoms with van der Waals surface area (Å²) in [6, 6.07) is 12.0. The van der Waals surface area contributed by atoms with Crippen molar-refractivity contribution in [2.24, 2.45) is 5.92 Å². The van der Waals surface area contributed by atoms with Crippen LogP contribution in [0.5, 0.6) is 0 Å². The maximum absolute atomic E-state index is 13.9. The zero-order valence-corrected chi connectivity index (χ0v) is 20.9. The summed E-state index contributed by atoms with van der Waals surface area (Å²) in [5.41, 5.74) is 3.32. The minimum absolute atomic E-state index is 0.0379. The van der Waals surface area contributed by atoms with Gasteiger partial charge in [-0.25, -0.2) is 9.97 Å². The van der Waals surface area contributed by atoms with E-state index in [-0.39, 0.29) is 11.9 Å². The molecule has 2 aromatic carbocycles. The van der Waals surface area contributed by atoms with E-state index in [0.29, 0.717) is 17.2 Å². The Morgan fingerprint density at radius 2 is 2.00 bits per heavy atom. The minimum atomic E-state index is 0.0379. The normalized spacial score (nSPS) is 18.4. The van der Waals surface area contributed by atoms with Crippen LogP contribution in [0.2, 0.25) is 0 Å². The van der Waals surface area contributed by atoms with Crippen LogP contribution >= 0.6 is 15.9 Å². The minimum Gasteiger partial charge on any atom is -0.335 e. The van der Waals surface area contributed by atoms with Crippen molar-refractivity contribution in [3.05, 3.63) is 76.4 Å². The van der Waals surface area contributed by atoms with E-state index in [1.54, 1.807) is 12.4 Å². The van der Waals surface area contributed by atoms with Crippen molar-refractivity contribution in [3.8, 4) is 5.69 Å². The first kappa shape index (κ1) is 22.7. The van der Waals surface area contributed by atoms with E-state index < -0.39 is 0 Å². The Balaban J connectivity index is 1.41. The quantitative estimate of drug-likeness (QED) is 0.364. The van der Waals surface area contributed by atoms with Crippen LogP contribution in [-0.2, 0) is 6.42 Å². The molecule has 0 spiro atoms. The summed E-state index contributed by atoms with van der Waals surface area (Å²) in [6.07, 6.45) is 8.80. The number of carbonyl (C=O) groups excluding carboxylic acids is 1. The van der Waals surface area contributed by atoms with Gasteiger partial charge in [0.05, 0.1) is 29.2 Å². The monoisotopic (exact) mass is 518 g/mol. The van der Waals surface area contributed by atoms with Gasteiger partial charge < -0.3 is 4.90 Å². The molecule has 8 heteroatoms. The van der Waals surface area contributed by atoms with Gasteiger partial charge in [-0.15, -0.1) is 0 Å². The average molecular weight is 519 g/mol. The van der Waals surface area contributed by atoms with Crippen molar-refractivity contribution in [2.75, 3.05) is 6.54 Å². The van der Waals surface area contributed by atoms with Crippen LogP contribution in [0.4, 0.5) is 0 Å². The van der Waals surface area contributed by atoms with Crippen molar-refractivity contribution in [2.45, 2.75) is 45.6 Å². The summed E-state index contributed by atoms with van der Waals surface area (Å²) in [4.78, 5) is 26.8. The number of aryl methyl sites for hydroxylation is 2. The van der Waals surface area contributed by atoms with Gasteiger partial charge in [0.1, 0.15) is 5.82 Å². The number of likely N-dealkylation sites (tertiary alicyclic amines) is 1. The van der Waals surface area contributed by atoms with E-state index in [9.17, 15) is 4.79 Å². The van der Waals surface area contributed by atoms with Crippen LogP contribution in [0.1, 0.15) is 47.9 Å². The molecule has 4 aromatic rings. The Bertz CT molecular complexity index is 1320. The molecule has 0 radical (unpaired) electrons. The van der Waals surface area contributed by atoms with Gasteiger partial charge in [0, 0.05) is 35.1 Å². The Morgan fingerprint density at radius 1 is 1.18 bits per heavy atom. The van der Waals surface area contributed by atoms with E-state index >= 15 is 0 Å². The molecule has 1 saturated heterocycles. The lowest BCUT2D eigenvalue weighted by molar-refractivity contribution is 0.0498. The molecule has 1 aliphatic heterocycles. The first-order valence-electron chi connectivity index (χ1n) is 11.7. The second-order valence-electron chi connectivity index (χ2n) is 9.02. The van der Waals surface area contributed by atoms with Crippen LogP contribution in [0.25, 0.3) is 16.6 Å². The Morgan fingerprint density at radius 3 is 2.82 bits per heavy atom. The van der Waals surface area contributed by atoms with Crippen LogP contribution in [0, 0.1) is 12.8 Å². The standard InChI is InChI=1S/C26H27BrN6O/c1-17-8-9-24(33-29-12-13-30-33)19(15-17)26(34)32-14-4-5-18(2)23(32)10-11-25-28-16-20-21(27)6-3-7-22(20)31-25/h3,6-9,12-13,15-16,18,23H,4-5,10-11,14H2,1-2H3/t18-,23-/m1/s1. The van der Waals surface area contributed by atoms with Crippen LogP contribution in [-0.4, -0.2) is 48.4 Å². The number of carbonyl (C=O) groups is 1. The highest BCUT2D eigenvalue weighted by atomic mass is 79.9. The number of benzene rings is 2. The van der Waals surface area contributed by atoms with Crippen LogP contribution in [0.3, 0.4) is 0 Å². The molecule has 7 nitrogen and oxygen atoms in total. The van der Waals surface area contributed by atoms with Gasteiger partial charge in [-0.3, -0.25) is 4.79 Å². The number of fused-ring (bicyclic) bond motifs is 1.